The first-order chi connectivity index (χ1) is 14.9. The van der Waals surface area contributed by atoms with Crippen LogP contribution in [0.25, 0.3) is 0 Å². The molecule has 0 heterocycles. The van der Waals surface area contributed by atoms with Gasteiger partial charge in [0, 0.05) is 16.8 Å². The fourth-order valence-corrected chi connectivity index (χ4v) is 3.41. The fraction of sp³-hybridized carbons (Fsp3) is 0.111. The van der Waals surface area contributed by atoms with Crippen LogP contribution in [0.15, 0.2) is 97.1 Å². The zero-order valence-corrected chi connectivity index (χ0v) is 17.7. The van der Waals surface area contributed by atoms with E-state index in [1.807, 2.05) is 72.8 Å². The predicted molar refractivity (Wildman–Crippen MR) is 127 cm³/mol. The van der Waals surface area contributed by atoms with E-state index in [-0.39, 0.29) is 5.41 Å². The summed E-state index contributed by atoms with van der Waals surface area (Å²) in [5.41, 5.74) is 15.0. The molecule has 4 aromatic carbocycles. The monoisotopic (exact) mass is 410 g/mol. The van der Waals surface area contributed by atoms with Crippen LogP contribution < -0.4 is 20.9 Å². The lowest BCUT2D eigenvalue weighted by molar-refractivity contribution is 0.477. The number of rotatable bonds is 6. The fourth-order valence-electron chi connectivity index (χ4n) is 3.41. The first-order valence-corrected chi connectivity index (χ1v) is 10.2. The van der Waals surface area contributed by atoms with Crippen LogP contribution in [0, 0.1) is 0 Å². The molecule has 4 aromatic rings. The summed E-state index contributed by atoms with van der Waals surface area (Å²) in [5.74, 6) is 3.07. The third-order valence-electron chi connectivity index (χ3n) is 5.34. The molecule has 0 amide bonds. The molecule has 4 N–H and O–H groups in total. The van der Waals surface area contributed by atoms with E-state index in [9.17, 15) is 0 Å². The normalized spacial score (nSPS) is 11.2. The van der Waals surface area contributed by atoms with E-state index < -0.39 is 0 Å². The zero-order chi connectivity index (χ0) is 21.8. The van der Waals surface area contributed by atoms with E-state index in [1.165, 1.54) is 0 Å². The van der Waals surface area contributed by atoms with Crippen molar-refractivity contribution >= 4 is 11.4 Å². The highest BCUT2D eigenvalue weighted by Gasteiger charge is 2.24. The van der Waals surface area contributed by atoms with Crippen LogP contribution in [0.3, 0.4) is 0 Å². The van der Waals surface area contributed by atoms with Gasteiger partial charge in [-0.25, -0.2) is 0 Å². The third-order valence-corrected chi connectivity index (χ3v) is 5.34. The Hall–Kier alpha value is -3.92. The molecule has 0 bridgehead atoms. The Balaban J connectivity index is 1.57. The second-order valence-electron chi connectivity index (χ2n) is 8.02. The lowest BCUT2D eigenvalue weighted by Crippen LogP contribution is -2.18. The lowest BCUT2D eigenvalue weighted by atomic mass is 9.78. The van der Waals surface area contributed by atoms with Crippen molar-refractivity contribution < 1.29 is 9.47 Å². The Bertz CT molecular complexity index is 1070. The molecule has 0 fully saturated rings. The molecule has 4 nitrogen and oxygen atoms in total. The van der Waals surface area contributed by atoms with Gasteiger partial charge in [-0.1, -0.05) is 38.1 Å². The molecule has 0 saturated heterocycles. The van der Waals surface area contributed by atoms with Crippen molar-refractivity contribution in [2.75, 3.05) is 11.5 Å². The molecule has 0 spiro atoms. The van der Waals surface area contributed by atoms with Crippen molar-refractivity contribution in [3.05, 3.63) is 108 Å². The number of ether oxygens (including phenoxy) is 2. The Kier molecular flexibility index (Phi) is 5.54. The maximum Gasteiger partial charge on any atom is 0.127 e. The maximum atomic E-state index is 6.03. The summed E-state index contributed by atoms with van der Waals surface area (Å²) in [6, 6.07) is 31.1. The van der Waals surface area contributed by atoms with Gasteiger partial charge >= 0.3 is 0 Å². The molecule has 4 rings (SSSR count). The number of nitrogens with two attached hydrogens (primary N) is 2. The van der Waals surface area contributed by atoms with Gasteiger partial charge in [0.1, 0.15) is 23.0 Å². The maximum absolute atomic E-state index is 6.03. The van der Waals surface area contributed by atoms with Gasteiger partial charge in [0.2, 0.25) is 0 Å². The van der Waals surface area contributed by atoms with Crippen LogP contribution in [0.5, 0.6) is 23.0 Å². The van der Waals surface area contributed by atoms with Crippen LogP contribution in [0.2, 0.25) is 0 Å². The predicted octanol–water partition coefficient (Wildman–Crippen LogP) is 6.76. The van der Waals surface area contributed by atoms with Gasteiger partial charge in [-0.3, -0.25) is 0 Å². The Morgan fingerprint density at radius 3 is 1.29 bits per heavy atom. The summed E-state index contributed by atoms with van der Waals surface area (Å²) in [7, 11) is 0. The first-order valence-electron chi connectivity index (χ1n) is 10.2. The van der Waals surface area contributed by atoms with E-state index in [0.29, 0.717) is 11.4 Å². The second kappa shape index (κ2) is 8.44. The highest BCUT2D eigenvalue weighted by atomic mass is 16.5. The Morgan fingerprint density at radius 1 is 0.516 bits per heavy atom. The zero-order valence-electron chi connectivity index (χ0n) is 17.7. The van der Waals surface area contributed by atoms with Gasteiger partial charge in [-0.15, -0.1) is 0 Å². The van der Waals surface area contributed by atoms with Crippen molar-refractivity contribution in [2.24, 2.45) is 0 Å². The minimum absolute atomic E-state index is 0.249. The molecule has 0 aliphatic heterocycles. The van der Waals surface area contributed by atoms with Crippen LogP contribution in [-0.4, -0.2) is 0 Å². The number of anilines is 2. The van der Waals surface area contributed by atoms with Crippen LogP contribution in [-0.2, 0) is 5.41 Å². The van der Waals surface area contributed by atoms with Crippen molar-refractivity contribution in [1.29, 1.82) is 0 Å². The first kappa shape index (κ1) is 20.4. The molecule has 0 aliphatic carbocycles. The van der Waals surface area contributed by atoms with E-state index in [4.69, 9.17) is 20.9 Å². The summed E-state index contributed by atoms with van der Waals surface area (Å²) >= 11 is 0. The molecule has 4 heteroatoms. The molecule has 0 atom stereocenters. The number of nitrogen functional groups attached to an aromatic ring is 2. The van der Waals surface area contributed by atoms with Crippen molar-refractivity contribution in [3.8, 4) is 23.0 Å². The summed E-state index contributed by atoms with van der Waals surface area (Å²) in [5, 5.41) is 0. The quantitative estimate of drug-likeness (QED) is 0.344. The lowest BCUT2D eigenvalue weighted by Gasteiger charge is -2.27. The summed E-state index contributed by atoms with van der Waals surface area (Å²) in [4.78, 5) is 0. The van der Waals surface area contributed by atoms with Crippen molar-refractivity contribution in [1.82, 2.24) is 0 Å². The van der Waals surface area contributed by atoms with E-state index in [0.717, 1.165) is 34.1 Å². The van der Waals surface area contributed by atoms with Gasteiger partial charge in [0.15, 0.2) is 0 Å². The molecule has 0 aliphatic rings. The Labute approximate surface area is 183 Å². The van der Waals surface area contributed by atoms with Gasteiger partial charge < -0.3 is 20.9 Å². The van der Waals surface area contributed by atoms with Crippen LogP contribution in [0.1, 0.15) is 25.0 Å². The smallest absolute Gasteiger partial charge is 0.127 e. The van der Waals surface area contributed by atoms with Crippen molar-refractivity contribution in [3.63, 3.8) is 0 Å². The Morgan fingerprint density at radius 2 is 0.903 bits per heavy atom. The molecular formula is C27H26N2O2. The van der Waals surface area contributed by atoms with Gasteiger partial charge in [-0.2, -0.15) is 0 Å². The van der Waals surface area contributed by atoms with Crippen LogP contribution >= 0.6 is 0 Å². The molecule has 0 aromatic heterocycles. The molecular weight excluding hydrogens is 384 g/mol. The SMILES string of the molecule is CC(C)(c1cccc(Oc2ccc(N)cc2)c1)c1cccc(Oc2ccc(N)cc2)c1. The number of hydrogen-bond acceptors (Lipinski definition) is 4. The average Bonchev–Trinajstić information content (AvgIpc) is 2.77. The standard InChI is InChI=1S/C27H26N2O2/c1-27(2,19-5-3-7-25(17-19)30-23-13-9-21(28)10-14-23)20-6-4-8-26(18-20)31-24-15-11-22(29)12-16-24/h3-18H,28-29H2,1-2H3. The molecule has 0 saturated carbocycles. The minimum Gasteiger partial charge on any atom is -0.457 e. The van der Waals surface area contributed by atoms with E-state index in [1.54, 1.807) is 0 Å². The van der Waals surface area contributed by atoms with Crippen molar-refractivity contribution in [2.45, 2.75) is 19.3 Å². The van der Waals surface area contributed by atoms with E-state index >= 15 is 0 Å². The minimum atomic E-state index is -0.249. The number of benzene rings is 4. The largest absolute Gasteiger partial charge is 0.457 e. The topological polar surface area (TPSA) is 70.5 Å². The van der Waals surface area contributed by atoms with E-state index in [2.05, 4.69) is 38.1 Å². The molecule has 0 unspecified atom stereocenters. The van der Waals surface area contributed by atoms with Crippen LogP contribution in [0.4, 0.5) is 11.4 Å². The summed E-state index contributed by atoms with van der Waals surface area (Å²) < 4.78 is 12.1. The molecule has 156 valence electrons. The number of hydrogen-bond donors (Lipinski definition) is 2. The second-order valence-corrected chi connectivity index (χ2v) is 8.02. The van der Waals surface area contributed by atoms with Gasteiger partial charge in [0.05, 0.1) is 0 Å². The highest BCUT2D eigenvalue weighted by Crippen LogP contribution is 2.36. The molecule has 0 radical (unpaired) electrons. The molecule has 31 heavy (non-hydrogen) atoms. The summed E-state index contributed by atoms with van der Waals surface area (Å²) in [6.07, 6.45) is 0. The summed E-state index contributed by atoms with van der Waals surface area (Å²) in [6.45, 7) is 4.38. The average molecular weight is 411 g/mol. The van der Waals surface area contributed by atoms with Gasteiger partial charge in [0.25, 0.3) is 0 Å². The van der Waals surface area contributed by atoms with Gasteiger partial charge in [-0.05, 0) is 83.9 Å². The third kappa shape index (κ3) is 4.81. The highest BCUT2D eigenvalue weighted by molar-refractivity contribution is 5.47.